The monoisotopic (exact) mass is 374 g/mol. The summed E-state index contributed by atoms with van der Waals surface area (Å²) in [6.07, 6.45) is 5.05. The zero-order valence-corrected chi connectivity index (χ0v) is 16.4. The molecule has 3 aromatic rings. The van der Waals surface area contributed by atoms with Gasteiger partial charge in [-0.1, -0.05) is 6.92 Å². The van der Waals surface area contributed by atoms with Gasteiger partial charge >= 0.3 is 0 Å². The normalized spacial score (nSPS) is 17.2. The van der Waals surface area contributed by atoms with E-state index in [1.165, 1.54) is 10.4 Å². The molecule has 4 rings (SSSR count). The fraction of sp³-hybridized carbons (Fsp3) is 0.500. The van der Waals surface area contributed by atoms with Crippen LogP contribution in [0.2, 0.25) is 0 Å². The Kier molecular flexibility index (Phi) is 4.16. The number of hydrogen-bond acceptors (Lipinski definition) is 4. The third-order valence-corrected chi connectivity index (χ3v) is 6.76. The van der Waals surface area contributed by atoms with E-state index in [2.05, 4.69) is 23.9 Å². The van der Waals surface area contributed by atoms with Crippen molar-refractivity contribution < 1.29 is 0 Å². The number of aromatic amines is 1. The van der Waals surface area contributed by atoms with Crippen molar-refractivity contribution in [3.8, 4) is 0 Å². The number of thiophene rings is 1. The van der Waals surface area contributed by atoms with Crippen LogP contribution in [0, 0.1) is 17.6 Å². The lowest BCUT2D eigenvalue weighted by atomic mass is 9.89. The third-order valence-electron chi connectivity index (χ3n) is 5.27. The Bertz CT molecular complexity index is 1070. The molecule has 0 fully saturated rings. The summed E-state index contributed by atoms with van der Waals surface area (Å²) >= 11 is 7.20. The molecule has 0 saturated carbocycles. The number of nitrogens with zero attached hydrogens (tertiary/aromatic N) is 3. The van der Waals surface area contributed by atoms with Gasteiger partial charge in [-0.15, -0.1) is 11.3 Å². The SMILES string of the molecule is CCn1ncc(Cn2c(=S)[nH]c3sc4c(c3c2=O)CC[C@@H](C)C4)c1C. The second-order valence-corrected chi connectivity index (χ2v) is 8.44. The summed E-state index contributed by atoms with van der Waals surface area (Å²) < 4.78 is 4.12. The van der Waals surface area contributed by atoms with E-state index in [1.807, 2.05) is 17.8 Å². The molecular weight excluding hydrogens is 352 g/mol. The van der Waals surface area contributed by atoms with E-state index in [1.54, 1.807) is 15.9 Å². The summed E-state index contributed by atoms with van der Waals surface area (Å²) in [6.45, 7) is 7.67. The Morgan fingerprint density at radius 3 is 3.00 bits per heavy atom. The summed E-state index contributed by atoms with van der Waals surface area (Å²) in [5.74, 6) is 0.688. The summed E-state index contributed by atoms with van der Waals surface area (Å²) in [6, 6.07) is 0. The van der Waals surface area contributed by atoms with Gasteiger partial charge in [0.05, 0.1) is 18.1 Å². The van der Waals surface area contributed by atoms with Crippen LogP contribution in [-0.4, -0.2) is 19.3 Å². The first-order valence-corrected chi connectivity index (χ1v) is 10.0. The van der Waals surface area contributed by atoms with Crippen LogP contribution in [0.1, 0.15) is 42.0 Å². The fourth-order valence-electron chi connectivity index (χ4n) is 3.73. The number of fused-ring (bicyclic) bond motifs is 3. The number of nitrogens with one attached hydrogen (secondary N) is 1. The van der Waals surface area contributed by atoms with E-state index in [9.17, 15) is 4.79 Å². The molecule has 0 unspecified atom stereocenters. The summed E-state index contributed by atoms with van der Waals surface area (Å²) in [7, 11) is 0. The lowest BCUT2D eigenvalue weighted by Crippen LogP contribution is -2.23. The maximum atomic E-state index is 13.2. The van der Waals surface area contributed by atoms with Gasteiger partial charge in [-0.25, -0.2) is 0 Å². The lowest BCUT2D eigenvalue weighted by molar-refractivity contribution is 0.509. The quantitative estimate of drug-likeness (QED) is 0.709. The molecule has 5 nitrogen and oxygen atoms in total. The van der Waals surface area contributed by atoms with Crippen LogP contribution in [0.15, 0.2) is 11.0 Å². The average molecular weight is 375 g/mol. The molecule has 1 N–H and O–H groups in total. The zero-order valence-electron chi connectivity index (χ0n) is 14.8. The highest BCUT2D eigenvalue weighted by Gasteiger charge is 2.23. The largest absolute Gasteiger partial charge is 0.323 e. The van der Waals surface area contributed by atoms with E-state index in [0.717, 1.165) is 47.3 Å². The Morgan fingerprint density at radius 1 is 1.48 bits per heavy atom. The maximum absolute atomic E-state index is 13.2. The molecule has 0 amide bonds. The van der Waals surface area contributed by atoms with Crippen molar-refractivity contribution in [1.29, 1.82) is 0 Å². The molecule has 0 spiro atoms. The molecular formula is C18H22N4OS2. The summed E-state index contributed by atoms with van der Waals surface area (Å²) in [4.78, 5) is 18.8. The van der Waals surface area contributed by atoms with Gasteiger partial charge < -0.3 is 4.98 Å². The van der Waals surface area contributed by atoms with Gasteiger partial charge in [0.1, 0.15) is 4.83 Å². The van der Waals surface area contributed by atoms with Crippen LogP contribution >= 0.6 is 23.6 Å². The molecule has 0 aliphatic heterocycles. The van der Waals surface area contributed by atoms with Gasteiger partial charge in [-0.2, -0.15) is 5.10 Å². The third kappa shape index (κ3) is 2.69. The molecule has 1 aliphatic rings. The standard InChI is InChI=1S/C18H22N4OS2/c1-4-22-11(3)12(8-19-22)9-21-17(23)15-13-6-5-10(2)7-14(13)25-16(15)20-18(21)24/h8,10H,4-7,9H2,1-3H3,(H,20,24)/t10-/m1/s1. The van der Waals surface area contributed by atoms with Crippen molar-refractivity contribution in [3.05, 3.63) is 43.0 Å². The molecule has 0 aromatic carbocycles. The van der Waals surface area contributed by atoms with Gasteiger partial charge in [-0.3, -0.25) is 14.0 Å². The van der Waals surface area contributed by atoms with E-state index in [0.29, 0.717) is 17.2 Å². The van der Waals surface area contributed by atoms with Crippen LogP contribution in [-0.2, 0) is 25.9 Å². The first-order chi connectivity index (χ1) is 12.0. The van der Waals surface area contributed by atoms with Gasteiger partial charge in [0.15, 0.2) is 4.77 Å². The molecule has 1 atom stereocenters. The van der Waals surface area contributed by atoms with Crippen LogP contribution in [0.4, 0.5) is 0 Å². The zero-order chi connectivity index (χ0) is 17.7. The highest BCUT2D eigenvalue weighted by atomic mass is 32.1. The summed E-state index contributed by atoms with van der Waals surface area (Å²) in [5, 5.41) is 5.23. The van der Waals surface area contributed by atoms with Crippen molar-refractivity contribution in [2.45, 2.75) is 53.1 Å². The number of H-pyrrole nitrogens is 1. The topological polar surface area (TPSA) is 55.6 Å². The highest BCUT2D eigenvalue weighted by molar-refractivity contribution is 7.71. The second-order valence-electron chi connectivity index (χ2n) is 6.95. The molecule has 7 heteroatoms. The number of aromatic nitrogens is 4. The molecule has 3 aromatic heterocycles. The number of rotatable bonds is 3. The first-order valence-electron chi connectivity index (χ1n) is 8.78. The van der Waals surface area contributed by atoms with Crippen molar-refractivity contribution in [2.75, 3.05) is 0 Å². The first kappa shape index (κ1) is 16.7. The second kappa shape index (κ2) is 6.21. The van der Waals surface area contributed by atoms with E-state index < -0.39 is 0 Å². The number of aryl methyl sites for hydroxylation is 2. The minimum absolute atomic E-state index is 0.0365. The smallest absolute Gasteiger partial charge is 0.263 e. The molecule has 0 radical (unpaired) electrons. The van der Waals surface area contributed by atoms with E-state index in [-0.39, 0.29) is 5.56 Å². The minimum atomic E-state index is 0.0365. The van der Waals surface area contributed by atoms with E-state index >= 15 is 0 Å². The highest BCUT2D eigenvalue weighted by Crippen LogP contribution is 2.35. The Balaban J connectivity index is 1.86. The molecule has 3 heterocycles. The van der Waals surface area contributed by atoms with Gasteiger partial charge in [-0.05, 0) is 56.8 Å². The van der Waals surface area contributed by atoms with Crippen LogP contribution in [0.25, 0.3) is 10.2 Å². The van der Waals surface area contributed by atoms with Crippen LogP contribution < -0.4 is 5.56 Å². The molecule has 132 valence electrons. The summed E-state index contributed by atoms with van der Waals surface area (Å²) in [5.41, 5.74) is 3.41. The van der Waals surface area contributed by atoms with Crippen LogP contribution in [0.5, 0.6) is 0 Å². The number of hydrogen-bond donors (Lipinski definition) is 1. The Hall–Kier alpha value is -1.73. The van der Waals surface area contributed by atoms with Gasteiger partial charge in [0.25, 0.3) is 5.56 Å². The minimum Gasteiger partial charge on any atom is -0.323 e. The molecule has 25 heavy (non-hydrogen) atoms. The van der Waals surface area contributed by atoms with Gasteiger partial charge in [0.2, 0.25) is 0 Å². The van der Waals surface area contributed by atoms with Crippen molar-refractivity contribution >= 4 is 33.8 Å². The van der Waals surface area contributed by atoms with Crippen LogP contribution in [0.3, 0.4) is 0 Å². The molecule has 0 saturated heterocycles. The predicted octanol–water partition coefficient (Wildman–Crippen LogP) is 3.82. The molecule has 0 bridgehead atoms. The van der Waals surface area contributed by atoms with Crippen molar-refractivity contribution in [1.82, 2.24) is 19.3 Å². The predicted molar refractivity (Wildman–Crippen MR) is 104 cm³/mol. The maximum Gasteiger partial charge on any atom is 0.263 e. The van der Waals surface area contributed by atoms with Crippen molar-refractivity contribution in [3.63, 3.8) is 0 Å². The lowest BCUT2D eigenvalue weighted by Gasteiger charge is -2.17. The van der Waals surface area contributed by atoms with E-state index in [4.69, 9.17) is 12.2 Å². The Morgan fingerprint density at radius 2 is 2.28 bits per heavy atom. The average Bonchev–Trinajstić information content (AvgIpc) is 3.10. The Labute approximate surface area is 155 Å². The van der Waals surface area contributed by atoms with Crippen molar-refractivity contribution in [2.24, 2.45) is 5.92 Å². The van der Waals surface area contributed by atoms with Gasteiger partial charge in [0, 0.05) is 22.7 Å². The molecule has 1 aliphatic carbocycles. The fourth-order valence-corrected chi connectivity index (χ4v) is 5.45.